The van der Waals surface area contributed by atoms with E-state index in [1.807, 2.05) is 65.2 Å². The fraction of sp³-hybridized carbons (Fsp3) is 0.321. The van der Waals surface area contributed by atoms with Gasteiger partial charge in [0.2, 0.25) is 0 Å². The van der Waals surface area contributed by atoms with Crippen LogP contribution in [0.1, 0.15) is 24.8 Å². The summed E-state index contributed by atoms with van der Waals surface area (Å²) in [5.41, 5.74) is 3.00. The van der Waals surface area contributed by atoms with Crippen molar-refractivity contribution in [3.8, 4) is 11.5 Å². The predicted octanol–water partition coefficient (Wildman–Crippen LogP) is 5.57. The quantitative estimate of drug-likeness (QED) is 0.280. The number of hydrogen-bond donors (Lipinski definition) is 1. The van der Waals surface area contributed by atoms with Crippen molar-refractivity contribution in [3.63, 3.8) is 0 Å². The van der Waals surface area contributed by atoms with Gasteiger partial charge >= 0.3 is 5.97 Å². The van der Waals surface area contributed by atoms with E-state index in [1.54, 1.807) is 0 Å². The Morgan fingerprint density at radius 3 is 2.35 bits per heavy atom. The van der Waals surface area contributed by atoms with Crippen LogP contribution in [0, 0.1) is 0 Å². The minimum absolute atomic E-state index is 0.0782. The van der Waals surface area contributed by atoms with Crippen molar-refractivity contribution in [1.29, 1.82) is 0 Å². The zero-order chi connectivity index (χ0) is 23.9. The predicted molar refractivity (Wildman–Crippen MR) is 136 cm³/mol. The minimum atomic E-state index is -0.861. The van der Waals surface area contributed by atoms with Crippen molar-refractivity contribution in [2.24, 2.45) is 0 Å². The van der Waals surface area contributed by atoms with Crippen LogP contribution in [0.15, 0.2) is 66.7 Å². The Kier molecular flexibility index (Phi) is 7.70. The highest BCUT2D eigenvalue weighted by molar-refractivity contribution is 6.08. The second-order valence-electron chi connectivity index (χ2n) is 8.78. The van der Waals surface area contributed by atoms with E-state index in [0.717, 1.165) is 59.1 Å². The Balaban J connectivity index is 1.29. The molecule has 1 aromatic heterocycles. The SMILES string of the molecule is CN(C)Cc1ccccc1OCCCCCOc1ccc2c3ccccc3n(CC(=O)O)c2c1. The lowest BCUT2D eigenvalue weighted by Gasteiger charge is -2.15. The van der Waals surface area contributed by atoms with Gasteiger partial charge in [0.1, 0.15) is 18.0 Å². The molecule has 0 atom stereocenters. The van der Waals surface area contributed by atoms with Crippen LogP contribution in [0.5, 0.6) is 11.5 Å². The number of fused-ring (bicyclic) bond motifs is 3. The van der Waals surface area contributed by atoms with Crippen molar-refractivity contribution in [2.45, 2.75) is 32.4 Å². The van der Waals surface area contributed by atoms with Crippen LogP contribution < -0.4 is 9.47 Å². The summed E-state index contributed by atoms with van der Waals surface area (Å²) >= 11 is 0. The monoisotopic (exact) mass is 460 g/mol. The molecular formula is C28H32N2O4. The van der Waals surface area contributed by atoms with Gasteiger partial charge < -0.3 is 24.0 Å². The number of aliphatic carboxylic acids is 1. The van der Waals surface area contributed by atoms with E-state index in [9.17, 15) is 9.90 Å². The van der Waals surface area contributed by atoms with Crippen LogP contribution in [0.3, 0.4) is 0 Å². The highest BCUT2D eigenvalue weighted by Gasteiger charge is 2.13. The molecule has 0 aliphatic carbocycles. The van der Waals surface area contributed by atoms with Crippen LogP contribution in [-0.2, 0) is 17.9 Å². The summed E-state index contributed by atoms with van der Waals surface area (Å²) in [7, 11) is 4.11. The number of benzene rings is 3. The van der Waals surface area contributed by atoms with Gasteiger partial charge in [-0.15, -0.1) is 0 Å². The molecule has 0 fully saturated rings. The van der Waals surface area contributed by atoms with Gasteiger partial charge in [-0.25, -0.2) is 0 Å². The molecule has 0 saturated heterocycles. The van der Waals surface area contributed by atoms with Crippen LogP contribution in [0.2, 0.25) is 0 Å². The van der Waals surface area contributed by atoms with Gasteiger partial charge in [-0.3, -0.25) is 4.79 Å². The largest absolute Gasteiger partial charge is 0.494 e. The lowest BCUT2D eigenvalue weighted by molar-refractivity contribution is -0.137. The molecule has 0 aliphatic heterocycles. The van der Waals surface area contributed by atoms with Gasteiger partial charge in [0.25, 0.3) is 0 Å². The molecule has 0 saturated carbocycles. The maximum atomic E-state index is 11.4. The number of rotatable bonds is 12. The van der Waals surface area contributed by atoms with Crippen molar-refractivity contribution >= 4 is 27.8 Å². The zero-order valence-corrected chi connectivity index (χ0v) is 19.9. The van der Waals surface area contributed by atoms with Crippen molar-refractivity contribution in [2.75, 3.05) is 27.3 Å². The second-order valence-corrected chi connectivity index (χ2v) is 8.78. The first kappa shape index (κ1) is 23.6. The second kappa shape index (κ2) is 11.1. The average Bonchev–Trinajstić information content (AvgIpc) is 3.12. The molecule has 1 N–H and O–H groups in total. The van der Waals surface area contributed by atoms with Gasteiger partial charge in [-0.05, 0) is 57.6 Å². The van der Waals surface area contributed by atoms with Gasteiger partial charge in [0.15, 0.2) is 0 Å². The summed E-state index contributed by atoms with van der Waals surface area (Å²) in [4.78, 5) is 13.6. The molecule has 3 aromatic carbocycles. The lowest BCUT2D eigenvalue weighted by Crippen LogP contribution is -2.12. The van der Waals surface area contributed by atoms with Crippen molar-refractivity contribution in [3.05, 3.63) is 72.3 Å². The number of unbranched alkanes of at least 4 members (excludes halogenated alkanes) is 2. The number of ether oxygens (including phenoxy) is 2. The number of hydrogen-bond acceptors (Lipinski definition) is 4. The Morgan fingerprint density at radius 1 is 0.853 bits per heavy atom. The number of carboxylic acids is 1. The van der Waals surface area contributed by atoms with Gasteiger partial charge in [0.05, 0.1) is 18.7 Å². The first-order valence-electron chi connectivity index (χ1n) is 11.7. The zero-order valence-electron chi connectivity index (χ0n) is 19.9. The fourth-order valence-electron chi connectivity index (χ4n) is 4.29. The molecule has 1 heterocycles. The molecule has 0 bridgehead atoms. The summed E-state index contributed by atoms with van der Waals surface area (Å²) in [6.45, 7) is 2.08. The van der Waals surface area contributed by atoms with E-state index in [0.29, 0.717) is 13.2 Å². The molecule has 0 spiro atoms. The molecule has 6 nitrogen and oxygen atoms in total. The third-order valence-corrected chi connectivity index (χ3v) is 5.81. The van der Waals surface area contributed by atoms with Crippen LogP contribution in [0.25, 0.3) is 21.8 Å². The first-order valence-corrected chi connectivity index (χ1v) is 11.7. The highest BCUT2D eigenvalue weighted by atomic mass is 16.5. The fourth-order valence-corrected chi connectivity index (χ4v) is 4.29. The molecule has 4 rings (SSSR count). The maximum Gasteiger partial charge on any atom is 0.323 e. The Hall–Kier alpha value is -3.51. The van der Waals surface area contributed by atoms with E-state index in [2.05, 4.69) is 25.1 Å². The maximum absolute atomic E-state index is 11.4. The van der Waals surface area contributed by atoms with E-state index < -0.39 is 5.97 Å². The highest BCUT2D eigenvalue weighted by Crippen LogP contribution is 2.31. The topological polar surface area (TPSA) is 63.9 Å². The lowest BCUT2D eigenvalue weighted by atomic mass is 10.1. The number of carboxylic acid groups (broad SMARTS) is 1. The molecule has 4 aromatic rings. The number of nitrogens with zero attached hydrogens (tertiary/aromatic N) is 2. The summed E-state index contributed by atoms with van der Waals surface area (Å²) in [6.07, 6.45) is 2.90. The third-order valence-electron chi connectivity index (χ3n) is 5.81. The summed E-state index contributed by atoms with van der Waals surface area (Å²) < 4.78 is 13.8. The van der Waals surface area contributed by atoms with Crippen LogP contribution >= 0.6 is 0 Å². The summed E-state index contributed by atoms with van der Waals surface area (Å²) in [5, 5.41) is 11.5. The molecule has 0 amide bonds. The number of carbonyl (C=O) groups is 1. The van der Waals surface area contributed by atoms with E-state index in [1.165, 1.54) is 5.56 Å². The minimum Gasteiger partial charge on any atom is -0.494 e. The molecule has 0 unspecified atom stereocenters. The summed E-state index contributed by atoms with van der Waals surface area (Å²) in [6, 6.07) is 22.0. The van der Waals surface area contributed by atoms with E-state index >= 15 is 0 Å². The Morgan fingerprint density at radius 2 is 1.56 bits per heavy atom. The molecule has 0 radical (unpaired) electrons. The van der Waals surface area contributed by atoms with Gasteiger partial charge in [-0.2, -0.15) is 0 Å². The van der Waals surface area contributed by atoms with E-state index in [4.69, 9.17) is 9.47 Å². The molecule has 178 valence electrons. The van der Waals surface area contributed by atoms with E-state index in [-0.39, 0.29) is 6.54 Å². The van der Waals surface area contributed by atoms with Crippen molar-refractivity contribution < 1.29 is 19.4 Å². The van der Waals surface area contributed by atoms with Crippen LogP contribution in [-0.4, -0.2) is 47.9 Å². The standard InChI is InChI=1S/C28H32N2O4/c1-29(2)19-21-10-4-7-13-27(21)34-17-9-3-8-16-33-22-14-15-24-23-11-5-6-12-25(23)30(20-28(31)32)26(24)18-22/h4-7,10-15,18H,3,8-9,16-17,19-20H2,1-2H3,(H,31,32). The normalized spacial score (nSPS) is 11.4. The molecule has 6 heteroatoms. The van der Waals surface area contributed by atoms with Crippen LogP contribution in [0.4, 0.5) is 0 Å². The molecular weight excluding hydrogens is 428 g/mol. The molecule has 34 heavy (non-hydrogen) atoms. The molecule has 0 aliphatic rings. The first-order chi connectivity index (χ1) is 16.5. The third kappa shape index (κ3) is 5.69. The Labute approximate surface area is 200 Å². The number of aromatic nitrogens is 1. The van der Waals surface area contributed by atoms with Crippen molar-refractivity contribution in [1.82, 2.24) is 9.47 Å². The Bertz CT molecular complexity index is 1260. The smallest absolute Gasteiger partial charge is 0.323 e. The average molecular weight is 461 g/mol. The van der Waals surface area contributed by atoms with Gasteiger partial charge in [-0.1, -0.05) is 36.4 Å². The van der Waals surface area contributed by atoms with Gasteiger partial charge in [0, 0.05) is 34.5 Å². The summed E-state index contributed by atoms with van der Waals surface area (Å²) in [5.74, 6) is 0.855. The number of para-hydroxylation sites is 2.